The number of para-hydroxylation sites is 1. The Hall–Kier alpha value is -3.31. The van der Waals surface area contributed by atoms with Crippen LogP contribution in [0.4, 0.5) is 5.69 Å². The SMILES string of the molecule is N#C/C(=C\c1cc2c(cc1Br)OCO2)C(=O)Nc1ccccc1C(=O)O. The summed E-state index contributed by atoms with van der Waals surface area (Å²) in [5, 5.41) is 21.0. The number of carboxylic acids is 1. The van der Waals surface area contributed by atoms with Crippen molar-refractivity contribution in [3.05, 3.63) is 57.6 Å². The van der Waals surface area contributed by atoms with E-state index in [0.29, 0.717) is 21.5 Å². The van der Waals surface area contributed by atoms with Crippen molar-refractivity contribution in [2.24, 2.45) is 0 Å². The fraction of sp³-hybridized carbons (Fsp3) is 0.0556. The molecular weight excluding hydrogens is 404 g/mol. The molecule has 0 radical (unpaired) electrons. The molecule has 0 aliphatic carbocycles. The summed E-state index contributed by atoms with van der Waals surface area (Å²) in [6.07, 6.45) is 1.38. The first-order valence-electron chi connectivity index (χ1n) is 7.34. The van der Waals surface area contributed by atoms with Crippen LogP contribution >= 0.6 is 15.9 Å². The lowest BCUT2D eigenvalue weighted by Crippen LogP contribution is -2.16. The Morgan fingerprint density at radius 3 is 2.62 bits per heavy atom. The Labute approximate surface area is 156 Å². The van der Waals surface area contributed by atoms with Gasteiger partial charge in [-0.1, -0.05) is 28.1 Å². The summed E-state index contributed by atoms with van der Waals surface area (Å²) >= 11 is 3.36. The third-order valence-corrected chi connectivity index (χ3v) is 4.25. The average molecular weight is 415 g/mol. The zero-order valence-electron chi connectivity index (χ0n) is 13.2. The van der Waals surface area contributed by atoms with Gasteiger partial charge in [-0.05, 0) is 35.9 Å². The number of halogens is 1. The highest BCUT2D eigenvalue weighted by Crippen LogP contribution is 2.37. The molecule has 130 valence electrons. The number of hydrogen-bond acceptors (Lipinski definition) is 5. The maximum absolute atomic E-state index is 12.4. The van der Waals surface area contributed by atoms with Gasteiger partial charge in [0.25, 0.3) is 5.91 Å². The van der Waals surface area contributed by atoms with Gasteiger partial charge in [0.2, 0.25) is 6.79 Å². The van der Waals surface area contributed by atoms with Crippen molar-refractivity contribution in [1.29, 1.82) is 5.26 Å². The van der Waals surface area contributed by atoms with E-state index >= 15 is 0 Å². The number of aromatic carboxylic acids is 1. The van der Waals surface area contributed by atoms with E-state index < -0.39 is 11.9 Å². The topological polar surface area (TPSA) is 109 Å². The number of carboxylic acid groups (broad SMARTS) is 1. The first-order valence-corrected chi connectivity index (χ1v) is 8.13. The molecule has 0 spiro atoms. The Bertz CT molecular complexity index is 978. The van der Waals surface area contributed by atoms with Gasteiger partial charge in [-0.2, -0.15) is 5.26 Å². The Kier molecular flexibility index (Phi) is 4.91. The molecule has 0 unspecified atom stereocenters. The van der Waals surface area contributed by atoms with Crippen LogP contribution < -0.4 is 14.8 Å². The zero-order chi connectivity index (χ0) is 18.7. The van der Waals surface area contributed by atoms with Gasteiger partial charge in [0, 0.05) is 4.47 Å². The van der Waals surface area contributed by atoms with Crippen molar-refractivity contribution < 1.29 is 24.2 Å². The lowest BCUT2D eigenvalue weighted by molar-refractivity contribution is -0.112. The smallest absolute Gasteiger partial charge is 0.337 e. The zero-order valence-corrected chi connectivity index (χ0v) is 14.7. The fourth-order valence-electron chi connectivity index (χ4n) is 2.32. The molecule has 0 fully saturated rings. The minimum atomic E-state index is -1.18. The molecule has 8 heteroatoms. The van der Waals surface area contributed by atoms with E-state index in [0.717, 1.165) is 0 Å². The fourth-order valence-corrected chi connectivity index (χ4v) is 2.75. The number of hydrogen-bond donors (Lipinski definition) is 2. The van der Waals surface area contributed by atoms with Crippen LogP contribution in [0, 0.1) is 11.3 Å². The van der Waals surface area contributed by atoms with E-state index in [1.807, 2.05) is 6.07 Å². The molecule has 1 amide bonds. The van der Waals surface area contributed by atoms with Crippen LogP contribution in [-0.2, 0) is 4.79 Å². The molecule has 0 atom stereocenters. The molecule has 2 aromatic carbocycles. The van der Waals surface area contributed by atoms with Crippen LogP contribution in [0.5, 0.6) is 11.5 Å². The van der Waals surface area contributed by atoms with Gasteiger partial charge in [0.05, 0.1) is 11.3 Å². The van der Waals surface area contributed by atoms with Crippen molar-refractivity contribution in [1.82, 2.24) is 0 Å². The van der Waals surface area contributed by atoms with E-state index in [1.165, 1.54) is 18.2 Å². The summed E-state index contributed by atoms with van der Waals surface area (Å²) in [6.45, 7) is 0.104. The van der Waals surface area contributed by atoms with Gasteiger partial charge >= 0.3 is 5.97 Å². The maximum atomic E-state index is 12.4. The molecule has 0 saturated heterocycles. The Balaban J connectivity index is 1.90. The van der Waals surface area contributed by atoms with E-state index in [1.54, 1.807) is 24.3 Å². The van der Waals surface area contributed by atoms with Gasteiger partial charge < -0.3 is 19.9 Å². The highest BCUT2D eigenvalue weighted by molar-refractivity contribution is 9.10. The molecule has 2 N–H and O–H groups in total. The van der Waals surface area contributed by atoms with E-state index in [-0.39, 0.29) is 23.6 Å². The molecule has 0 bridgehead atoms. The van der Waals surface area contributed by atoms with Gasteiger partial charge in [-0.3, -0.25) is 4.79 Å². The number of nitrogens with one attached hydrogen (secondary N) is 1. The largest absolute Gasteiger partial charge is 0.478 e. The van der Waals surface area contributed by atoms with Crippen LogP contribution in [0.15, 0.2) is 46.4 Å². The summed E-state index contributed by atoms with van der Waals surface area (Å²) in [5.41, 5.74) is 0.399. The van der Waals surface area contributed by atoms with Crippen LogP contribution in [-0.4, -0.2) is 23.8 Å². The van der Waals surface area contributed by atoms with Crippen molar-refractivity contribution in [3.8, 4) is 17.6 Å². The van der Waals surface area contributed by atoms with Crippen molar-refractivity contribution in [2.75, 3.05) is 12.1 Å². The molecule has 0 aromatic heterocycles. The number of anilines is 1. The monoisotopic (exact) mass is 414 g/mol. The number of ether oxygens (including phenoxy) is 2. The lowest BCUT2D eigenvalue weighted by atomic mass is 10.1. The number of fused-ring (bicyclic) bond motifs is 1. The summed E-state index contributed by atoms with van der Waals surface area (Å²) < 4.78 is 11.2. The van der Waals surface area contributed by atoms with Crippen molar-refractivity contribution >= 4 is 39.6 Å². The van der Waals surface area contributed by atoms with Gasteiger partial charge in [-0.15, -0.1) is 0 Å². The minimum Gasteiger partial charge on any atom is -0.478 e. The molecule has 26 heavy (non-hydrogen) atoms. The first kappa shape index (κ1) is 17.5. The molecule has 0 saturated carbocycles. The maximum Gasteiger partial charge on any atom is 0.337 e. The second-order valence-electron chi connectivity index (χ2n) is 5.20. The summed E-state index contributed by atoms with van der Waals surface area (Å²) in [6, 6.07) is 11.1. The molecular formula is C18H11BrN2O5. The van der Waals surface area contributed by atoms with Crippen LogP contribution in [0.1, 0.15) is 15.9 Å². The molecule has 7 nitrogen and oxygen atoms in total. The summed E-state index contributed by atoms with van der Waals surface area (Å²) in [5.74, 6) is -0.826. The number of nitrogens with zero attached hydrogens (tertiary/aromatic N) is 1. The van der Waals surface area contributed by atoms with Gasteiger partial charge in [-0.25, -0.2) is 4.79 Å². The molecule has 1 heterocycles. The van der Waals surface area contributed by atoms with Crippen LogP contribution in [0.2, 0.25) is 0 Å². The molecule has 1 aliphatic heterocycles. The highest BCUT2D eigenvalue weighted by atomic mass is 79.9. The van der Waals surface area contributed by atoms with E-state index in [2.05, 4.69) is 21.2 Å². The molecule has 2 aromatic rings. The molecule has 1 aliphatic rings. The molecule has 3 rings (SSSR count). The Morgan fingerprint density at radius 1 is 1.23 bits per heavy atom. The van der Waals surface area contributed by atoms with E-state index in [9.17, 15) is 20.0 Å². The lowest BCUT2D eigenvalue weighted by Gasteiger charge is -2.08. The third kappa shape index (κ3) is 3.53. The highest BCUT2D eigenvalue weighted by Gasteiger charge is 2.18. The van der Waals surface area contributed by atoms with E-state index in [4.69, 9.17) is 9.47 Å². The standard InChI is InChI=1S/C18H11BrN2O5/c19-13-7-16-15(25-9-26-16)6-10(13)5-11(8-20)17(22)21-14-4-2-1-3-12(14)18(23)24/h1-7H,9H2,(H,21,22)(H,23,24)/b11-5+. The summed E-state index contributed by atoms with van der Waals surface area (Å²) in [4.78, 5) is 23.6. The number of benzene rings is 2. The third-order valence-electron chi connectivity index (χ3n) is 3.56. The summed E-state index contributed by atoms with van der Waals surface area (Å²) in [7, 11) is 0. The predicted molar refractivity (Wildman–Crippen MR) is 95.9 cm³/mol. The number of amides is 1. The average Bonchev–Trinajstić information content (AvgIpc) is 3.06. The number of carbonyl (C=O) groups is 2. The normalized spacial score (nSPS) is 12.4. The van der Waals surface area contributed by atoms with Gasteiger partial charge in [0.15, 0.2) is 11.5 Å². The second-order valence-corrected chi connectivity index (χ2v) is 6.06. The number of rotatable bonds is 4. The van der Waals surface area contributed by atoms with Crippen LogP contribution in [0.3, 0.4) is 0 Å². The van der Waals surface area contributed by atoms with Crippen molar-refractivity contribution in [2.45, 2.75) is 0 Å². The van der Waals surface area contributed by atoms with Crippen molar-refractivity contribution in [3.63, 3.8) is 0 Å². The predicted octanol–water partition coefficient (Wildman–Crippen LogP) is 3.42. The van der Waals surface area contributed by atoms with Gasteiger partial charge in [0.1, 0.15) is 11.6 Å². The quantitative estimate of drug-likeness (QED) is 0.585. The Morgan fingerprint density at radius 2 is 1.92 bits per heavy atom. The number of carbonyl (C=O) groups excluding carboxylic acids is 1. The second kappa shape index (κ2) is 7.29. The first-order chi connectivity index (χ1) is 12.5. The van der Waals surface area contributed by atoms with Crippen LogP contribution in [0.25, 0.3) is 6.08 Å². The minimum absolute atomic E-state index is 0.0672. The number of nitriles is 1.